The molecule has 90 valence electrons. The fourth-order valence-electron chi connectivity index (χ4n) is 2.34. The van der Waals surface area contributed by atoms with E-state index < -0.39 is 9.84 Å². The number of hydrogen-bond acceptors (Lipinski definition) is 4. The minimum absolute atomic E-state index is 0.0966. The minimum atomic E-state index is -2.94. The van der Waals surface area contributed by atoms with Crippen molar-refractivity contribution in [2.24, 2.45) is 0 Å². The molecule has 6 heteroatoms. The second-order valence-electron chi connectivity index (χ2n) is 4.36. The van der Waals surface area contributed by atoms with Gasteiger partial charge in [-0.05, 0) is 18.6 Å². The highest BCUT2D eigenvalue weighted by molar-refractivity contribution is 7.91. The van der Waals surface area contributed by atoms with Crippen LogP contribution in [0.25, 0.3) is 5.52 Å². The zero-order valence-electron chi connectivity index (χ0n) is 9.07. The first-order valence-electron chi connectivity index (χ1n) is 5.42. The topological polar surface area (TPSA) is 71.7 Å². The first-order valence-corrected chi connectivity index (χ1v) is 7.25. The molecule has 1 N–H and O–H groups in total. The molecule has 1 saturated heterocycles. The van der Waals surface area contributed by atoms with E-state index in [4.69, 9.17) is 0 Å². The highest BCUT2D eigenvalue weighted by Crippen LogP contribution is 2.30. The summed E-state index contributed by atoms with van der Waals surface area (Å²) in [5.41, 5.74) is 0.782. The van der Waals surface area contributed by atoms with Crippen LogP contribution in [0.3, 0.4) is 0 Å². The molecule has 3 heterocycles. The Morgan fingerprint density at radius 1 is 1.41 bits per heavy atom. The summed E-state index contributed by atoms with van der Waals surface area (Å²) in [4.78, 5) is 4.24. The number of imidazole rings is 1. The van der Waals surface area contributed by atoms with Gasteiger partial charge in [0.15, 0.2) is 15.7 Å². The molecule has 3 rings (SSSR count). The molecular formula is C11H12N2O3S. The smallest absolute Gasteiger partial charge is 0.197 e. The molecule has 1 atom stereocenters. The standard InChI is InChI=1S/C11H12N2O3S/c14-10-3-1-2-9-6-12-11(13(9)10)8-4-5-17(15,16)7-8/h1-3,6,8,14H,4-5,7H2. The van der Waals surface area contributed by atoms with Crippen LogP contribution in [0.15, 0.2) is 24.4 Å². The Hall–Kier alpha value is -1.56. The first kappa shape index (κ1) is 10.6. The second-order valence-corrected chi connectivity index (χ2v) is 6.59. The lowest BCUT2D eigenvalue weighted by atomic mass is 10.1. The average Bonchev–Trinajstić information content (AvgIpc) is 2.82. The van der Waals surface area contributed by atoms with Crippen molar-refractivity contribution in [3.8, 4) is 5.88 Å². The van der Waals surface area contributed by atoms with Crippen LogP contribution >= 0.6 is 0 Å². The molecule has 0 radical (unpaired) electrons. The zero-order chi connectivity index (χ0) is 12.0. The summed E-state index contributed by atoms with van der Waals surface area (Å²) in [6.45, 7) is 0. The number of rotatable bonds is 1. The van der Waals surface area contributed by atoms with Crippen LogP contribution in [0.1, 0.15) is 18.2 Å². The Labute approximate surface area is 98.6 Å². The normalized spacial score (nSPS) is 23.2. The summed E-state index contributed by atoms with van der Waals surface area (Å²) in [6, 6.07) is 5.14. The molecule has 0 spiro atoms. The van der Waals surface area contributed by atoms with Crippen LogP contribution in [0.2, 0.25) is 0 Å². The van der Waals surface area contributed by atoms with Crippen molar-refractivity contribution in [3.05, 3.63) is 30.2 Å². The van der Waals surface area contributed by atoms with Crippen molar-refractivity contribution in [3.63, 3.8) is 0 Å². The molecule has 0 aromatic carbocycles. The van der Waals surface area contributed by atoms with Crippen LogP contribution in [-0.2, 0) is 9.84 Å². The minimum Gasteiger partial charge on any atom is -0.494 e. The van der Waals surface area contributed by atoms with E-state index in [0.717, 1.165) is 5.52 Å². The summed E-state index contributed by atoms with van der Waals surface area (Å²) in [6.07, 6.45) is 2.23. The summed E-state index contributed by atoms with van der Waals surface area (Å²) in [7, 11) is -2.94. The van der Waals surface area contributed by atoms with E-state index in [2.05, 4.69) is 4.98 Å². The Balaban J connectivity index is 2.13. The van der Waals surface area contributed by atoms with E-state index in [1.165, 1.54) is 0 Å². The predicted octanol–water partition coefficient (Wildman–Crippen LogP) is 0.942. The SMILES string of the molecule is O=S1(=O)CCC(c2ncc3cccc(O)n23)C1. The van der Waals surface area contributed by atoms with E-state index in [1.807, 2.05) is 6.07 Å². The lowest BCUT2D eigenvalue weighted by Gasteiger charge is -2.08. The fraction of sp³-hybridized carbons (Fsp3) is 0.364. The molecule has 1 fully saturated rings. The van der Waals surface area contributed by atoms with Gasteiger partial charge >= 0.3 is 0 Å². The highest BCUT2D eigenvalue weighted by atomic mass is 32.2. The van der Waals surface area contributed by atoms with Crippen LogP contribution < -0.4 is 0 Å². The lowest BCUT2D eigenvalue weighted by Crippen LogP contribution is -2.07. The summed E-state index contributed by atoms with van der Waals surface area (Å²) >= 11 is 0. The third kappa shape index (κ3) is 1.68. The molecular weight excluding hydrogens is 240 g/mol. The van der Waals surface area contributed by atoms with Gasteiger partial charge in [-0.2, -0.15) is 0 Å². The van der Waals surface area contributed by atoms with Crippen molar-refractivity contribution in [2.75, 3.05) is 11.5 Å². The quantitative estimate of drug-likeness (QED) is 0.820. The summed E-state index contributed by atoms with van der Waals surface area (Å²) in [5.74, 6) is 0.954. The van der Waals surface area contributed by atoms with Crippen molar-refractivity contribution in [2.45, 2.75) is 12.3 Å². The maximum absolute atomic E-state index is 11.5. The molecule has 0 saturated carbocycles. The number of nitrogens with zero attached hydrogens (tertiary/aromatic N) is 2. The van der Waals surface area contributed by atoms with E-state index in [1.54, 1.807) is 22.7 Å². The van der Waals surface area contributed by atoms with Crippen molar-refractivity contribution >= 4 is 15.4 Å². The second kappa shape index (κ2) is 3.46. The number of aromatic hydroxyl groups is 1. The Bertz CT molecular complexity index is 675. The Kier molecular flexibility index (Phi) is 2.16. The molecule has 2 aromatic rings. The molecule has 0 aliphatic carbocycles. The van der Waals surface area contributed by atoms with Gasteiger partial charge in [0.2, 0.25) is 0 Å². The lowest BCUT2D eigenvalue weighted by molar-refractivity contribution is 0.440. The van der Waals surface area contributed by atoms with Crippen LogP contribution in [0.5, 0.6) is 5.88 Å². The molecule has 5 nitrogen and oxygen atoms in total. The van der Waals surface area contributed by atoms with Crippen LogP contribution in [0, 0.1) is 0 Å². The van der Waals surface area contributed by atoms with E-state index in [-0.39, 0.29) is 23.3 Å². The fourth-order valence-corrected chi connectivity index (χ4v) is 4.08. The van der Waals surface area contributed by atoms with Gasteiger partial charge < -0.3 is 5.11 Å². The molecule has 17 heavy (non-hydrogen) atoms. The molecule has 1 aliphatic heterocycles. The third-order valence-electron chi connectivity index (χ3n) is 3.16. The largest absolute Gasteiger partial charge is 0.494 e. The van der Waals surface area contributed by atoms with E-state index in [9.17, 15) is 13.5 Å². The number of aromatic nitrogens is 2. The Morgan fingerprint density at radius 3 is 2.94 bits per heavy atom. The maximum Gasteiger partial charge on any atom is 0.197 e. The highest BCUT2D eigenvalue weighted by Gasteiger charge is 2.32. The maximum atomic E-state index is 11.5. The number of fused-ring (bicyclic) bond motifs is 1. The van der Waals surface area contributed by atoms with Gasteiger partial charge in [0.05, 0.1) is 23.2 Å². The average molecular weight is 252 g/mol. The molecule has 2 aromatic heterocycles. The Morgan fingerprint density at radius 2 is 2.24 bits per heavy atom. The van der Waals surface area contributed by atoms with Gasteiger partial charge in [0.1, 0.15) is 5.82 Å². The summed E-state index contributed by atoms with van der Waals surface area (Å²) < 4.78 is 24.5. The van der Waals surface area contributed by atoms with Gasteiger partial charge in [-0.25, -0.2) is 13.4 Å². The number of pyridine rings is 1. The number of hydrogen-bond donors (Lipinski definition) is 1. The molecule has 1 unspecified atom stereocenters. The van der Waals surface area contributed by atoms with Crippen molar-refractivity contribution in [1.82, 2.24) is 9.38 Å². The van der Waals surface area contributed by atoms with Gasteiger partial charge in [-0.1, -0.05) is 6.07 Å². The predicted molar refractivity (Wildman–Crippen MR) is 62.9 cm³/mol. The third-order valence-corrected chi connectivity index (χ3v) is 4.92. The van der Waals surface area contributed by atoms with Gasteiger partial charge in [0, 0.05) is 5.92 Å². The zero-order valence-corrected chi connectivity index (χ0v) is 9.89. The van der Waals surface area contributed by atoms with Crippen molar-refractivity contribution in [1.29, 1.82) is 0 Å². The molecule has 0 amide bonds. The molecule has 1 aliphatic rings. The van der Waals surface area contributed by atoms with Crippen molar-refractivity contribution < 1.29 is 13.5 Å². The van der Waals surface area contributed by atoms with Crippen LogP contribution in [-0.4, -0.2) is 34.4 Å². The van der Waals surface area contributed by atoms with Gasteiger partial charge in [-0.15, -0.1) is 0 Å². The molecule has 0 bridgehead atoms. The van der Waals surface area contributed by atoms with E-state index in [0.29, 0.717) is 12.2 Å². The van der Waals surface area contributed by atoms with Crippen LogP contribution in [0.4, 0.5) is 0 Å². The summed E-state index contributed by atoms with van der Waals surface area (Å²) in [5, 5.41) is 9.80. The van der Waals surface area contributed by atoms with Gasteiger partial charge in [-0.3, -0.25) is 4.40 Å². The first-order chi connectivity index (χ1) is 8.07. The number of sulfone groups is 1. The monoisotopic (exact) mass is 252 g/mol. The van der Waals surface area contributed by atoms with E-state index >= 15 is 0 Å². The van der Waals surface area contributed by atoms with Gasteiger partial charge in [0.25, 0.3) is 0 Å².